The zero-order valence-corrected chi connectivity index (χ0v) is 8.03. The number of nitrogens with one attached hydrogen (secondary N) is 1. The fourth-order valence-electron chi connectivity index (χ4n) is 0.835. The summed E-state index contributed by atoms with van der Waals surface area (Å²) >= 11 is 0. The van der Waals surface area contributed by atoms with E-state index in [1.54, 1.807) is 6.92 Å². The van der Waals surface area contributed by atoms with E-state index in [0.29, 0.717) is 13.0 Å². The molecule has 1 N–H and O–H groups in total. The van der Waals surface area contributed by atoms with Crippen molar-refractivity contribution in [3.63, 3.8) is 0 Å². The molecule has 0 spiro atoms. The van der Waals surface area contributed by atoms with E-state index < -0.39 is 0 Å². The molecule has 0 atom stereocenters. The Hall–Kier alpha value is -1.39. The highest BCUT2D eigenvalue weighted by Gasteiger charge is 1.97. The van der Waals surface area contributed by atoms with Crippen molar-refractivity contribution in [1.29, 1.82) is 0 Å². The lowest BCUT2D eigenvalue weighted by Gasteiger charge is -2.04. The van der Waals surface area contributed by atoms with Crippen molar-refractivity contribution in [3.05, 3.63) is 35.9 Å². The Morgan fingerprint density at radius 1 is 1.36 bits per heavy atom. The SMILES string of the molecule is CCC(=O)ONOCc1ccccc1. The van der Waals surface area contributed by atoms with Crippen molar-refractivity contribution in [2.75, 3.05) is 0 Å². The molecule has 1 aromatic carbocycles. The highest BCUT2D eigenvalue weighted by molar-refractivity contribution is 5.68. The van der Waals surface area contributed by atoms with Gasteiger partial charge in [-0.05, 0) is 11.2 Å². The summed E-state index contributed by atoms with van der Waals surface area (Å²) in [6.45, 7) is 2.07. The first-order chi connectivity index (χ1) is 6.83. The molecule has 4 nitrogen and oxygen atoms in total. The summed E-state index contributed by atoms with van der Waals surface area (Å²) in [6.07, 6.45) is 0.321. The second kappa shape index (κ2) is 6.12. The van der Waals surface area contributed by atoms with E-state index in [2.05, 4.69) is 10.5 Å². The first-order valence-corrected chi connectivity index (χ1v) is 4.43. The van der Waals surface area contributed by atoms with Crippen LogP contribution in [0.1, 0.15) is 18.9 Å². The average Bonchev–Trinajstić information content (AvgIpc) is 2.25. The largest absolute Gasteiger partial charge is 0.345 e. The quantitative estimate of drug-likeness (QED) is 0.572. The third-order valence-electron chi connectivity index (χ3n) is 1.58. The smallest absolute Gasteiger partial charge is 0.327 e. The van der Waals surface area contributed by atoms with Crippen LogP contribution in [-0.4, -0.2) is 5.97 Å². The standard InChI is InChI=1S/C10H13NO3/c1-2-10(12)14-11-13-8-9-6-4-3-5-7-9/h3-7,11H,2,8H2,1H3. The molecule has 0 unspecified atom stereocenters. The Labute approximate surface area is 82.7 Å². The monoisotopic (exact) mass is 195 g/mol. The summed E-state index contributed by atoms with van der Waals surface area (Å²) in [5.74, 6) is -0.349. The van der Waals surface area contributed by atoms with E-state index >= 15 is 0 Å². The van der Waals surface area contributed by atoms with Gasteiger partial charge in [-0.1, -0.05) is 37.3 Å². The van der Waals surface area contributed by atoms with Crippen LogP contribution < -0.4 is 5.64 Å². The number of hydrogen-bond donors (Lipinski definition) is 1. The van der Waals surface area contributed by atoms with Crippen LogP contribution in [0, 0.1) is 0 Å². The minimum Gasteiger partial charge on any atom is -0.345 e. The van der Waals surface area contributed by atoms with E-state index in [-0.39, 0.29) is 5.97 Å². The van der Waals surface area contributed by atoms with Crippen molar-refractivity contribution in [3.8, 4) is 0 Å². The zero-order valence-electron chi connectivity index (χ0n) is 8.03. The number of carbonyl (C=O) groups is 1. The van der Waals surface area contributed by atoms with Gasteiger partial charge in [0.25, 0.3) is 0 Å². The van der Waals surface area contributed by atoms with Gasteiger partial charge in [-0.2, -0.15) is 0 Å². The second-order valence-electron chi connectivity index (χ2n) is 2.69. The van der Waals surface area contributed by atoms with E-state index in [1.165, 1.54) is 0 Å². The van der Waals surface area contributed by atoms with Gasteiger partial charge in [0.1, 0.15) is 0 Å². The molecule has 0 radical (unpaired) electrons. The first-order valence-electron chi connectivity index (χ1n) is 4.43. The second-order valence-corrected chi connectivity index (χ2v) is 2.69. The van der Waals surface area contributed by atoms with Crippen molar-refractivity contribution < 1.29 is 14.5 Å². The fraction of sp³-hybridized carbons (Fsp3) is 0.300. The Morgan fingerprint density at radius 2 is 2.07 bits per heavy atom. The fourth-order valence-corrected chi connectivity index (χ4v) is 0.835. The predicted molar refractivity (Wildman–Crippen MR) is 50.7 cm³/mol. The third-order valence-corrected chi connectivity index (χ3v) is 1.58. The first kappa shape index (κ1) is 10.7. The number of carbonyl (C=O) groups excluding carboxylic acids is 1. The van der Waals surface area contributed by atoms with Crippen LogP contribution in [0.15, 0.2) is 30.3 Å². The van der Waals surface area contributed by atoms with Gasteiger partial charge in [0.05, 0.1) is 6.61 Å². The lowest BCUT2D eigenvalue weighted by molar-refractivity contribution is -0.195. The molecule has 14 heavy (non-hydrogen) atoms. The van der Waals surface area contributed by atoms with E-state index in [9.17, 15) is 4.79 Å². The molecule has 0 amide bonds. The molecule has 0 aliphatic heterocycles. The maximum absolute atomic E-state index is 10.7. The van der Waals surface area contributed by atoms with Crippen molar-refractivity contribution in [1.82, 2.24) is 5.64 Å². The van der Waals surface area contributed by atoms with Gasteiger partial charge < -0.3 is 4.84 Å². The summed E-state index contributed by atoms with van der Waals surface area (Å²) in [6, 6.07) is 9.59. The van der Waals surface area contributed by atoms with E-state index in [4.69, 9.17) is 4.84 Å². The molecule has 1 aromatic rings. The normalized spacial score (nSPS) is 9.79. The molecular formula is C10H13NO3. The van der Waals surface area contributed by atoms with Gasteiger partial charge in [-0.3, -0.25) is 9.63 Å². The van der Waals surface area contributed by atoms with Crippen LogP contribution in [0.4, 0.5) is 0 Å². The maximum atomic E-state index is 10.7. The van der Waals surface area contributed by atoms with Crippen molar-refractivity contribution in [2.24, 2.45) is 0 Å². The number of benzene rings is 1. The van der Waals surface area contributed by atoms with Gasteiger partial charge in [-0.15, -0.1) is 0 Å². The van der Waals surface area contributed by atoms with Gasteiger partial charge in [0, 0.05) is 6.42 Å². The molecule has 0 aromatic heterocycles. The maximum Gasteiger partial charge on any atom is 0.327 e. The van der Waals surface area contributed by atoms with Gasteiger partial charge >= 0.3 is 5.97 Å². The summed E-state index contributed by atoms with van der Waals surface area (Å²) in [5.41, 5.74) is 3.14. The summed E-state index contributed by atoms with van der Waals surface area (Å²) in [4.78, 5) is 20.1. The average molecular weight is 195 g/mol. The Kier molecular flexibility index (Phi) is 4.68. The molecule has 0 saturated heterocycles. The number of hydrogen-bond acceptors (Lipinski definition) is 4. The van der Waals surface area contributed by atoms with Crippen molar-refractivity contribution in [2.45, 2.75) is 20.0 Å². The van der Waals surface area contributed by atoms with Gasteiger partial charge in [0.15, 0.2) is 0 Å². The molecule has 76 valence electrons. The lowest BCUT2D eigenvalue weighted by atomic mass is 10.2. The molecule has 0 heterocycles. The summed E-state index contributed by atoms with van der Waals surface area (Å²) < 4.78 is 0. The predicted octanol–water partition coefficient (Wildman–Crippen LogP) is 1.58. The van der Waals surface area contributed by atoms with E-state index in [1.807, 2.05) is 30.3 Å². The van der Waals surface area contributed by atoms with Crippen LogP contribution >= 0.6 is 0 Å². The Balaban J connectivity index is 2.13. The topological polar surface area (TPSA) is 47.6 Å². The molecule has 0 bridgehead atoms. The van der Waals surface area contributed by atoms with Crippen molar-refractivity contribution >= 4 is 5.97 Å². The minimum absolute atomic E-state index is 0.321. The summed E-state index contributed by atoms with van der Waals surface area (Å²) in [7, 11) is 0. The van der Waals surface area contributed by atoms with Crippen LogP contribution in [0.5, 0.6) is 0 Å². The summed E-state index contributed by atoms with van der Waals surface area (Å²) in [5, 5.41) is 0. The molecule has 0 fully saturated rings. The lowest BCUT2D eigenvalue weighted by Crippen LogP contribution is -2.19. The number of rotatable bonds is 5. The third kappa shape index (κ3) is 4.02. The molecule has 0 saturated carbocycles. The van der Waals surface area contributed by atoms with Gasteiger partial charge in [-0.25, -0.2) is 0 Å². The molecule has 4 heteroatoms. The molecule has 0 aliphatic carbocycles. The van der Waals surface area contributed by atoms with Crippen LogP contribution in [0.25, 0.3) is 0 Å². The highest BCUT2D eigenvalue weighted by atomic mass is 16.9. The molecule has 0 aliphatic rings. The Bertz CT molecular complexity index is 274. The molecular weight excluding hydrogens is 182 g/mol. The van der Waals surface area contributed by atoms with Gasteiger partial charge in [0.2, 0.25) is 0 Å². The molecule has 1 rings (SSSR count). The van der Waals surface area contributed by atoms with E-state index in [0.717, 1.165) is 5.56 Å². The van der Waals surface area contributed by atoms with Crippen LogP contribution in [0.2, 0.25) is 0 Å². The Morgan fingerprint density at radius 3 is 2.71 bits per heavy atom. The van der Waals surface area contributed by atoms with Crippen LogP contribution in [0.3, 0.4) is 0 Å². The zero-order chi connectivity index (χ0) is 10.2. The minimum atomic E-state index is -0.349. The van der Waals surface area contributed by atoms with Crippen LogP contribution in [-0.2, 0) is 21.1 Å². The highest BCUT2D eigenvalue weighted by Crippen LogP contribution is 1.98.